The van der Waals surface area contributed by atoms with Gasteiger partial charge in [0, 0.05) is 6.20 Å². The van der Waals surface area contributed by atoms with E-state index in [4.69, 9.17) is 4.74 Å². The SMILES string of the molecule is COc1cccc([C@@H]2NC(=O)c3cccnc3N2)c1. The third-order valence-corrected chi connectivity index (χ3v) is 3.04. The van der Waals surface area contributed by atoms with Crippen LogP contribution in [-0.4, -0.2) is 18.0 Å². The molecule has 0 spiro atoms. The first-order valence-electron chi connectivity index (χ1n) is 5.94. The van der Waals surface area contributed by atoms with E-state index in [1.807, 2.05) is 24.3 Å². The molecule has 96 valence electrons. The Bertz CT molecular complexity index is 628. The Morgan fingerprint density at radius 1 is 1.21 bits per heavy atom. The van der Waals surface area contributed by atoms with Gasteiger partial charge in [-0.3, -0.25) is 4.79 Å². The maximum Gasteiger partial charge on any atom is 0.256 e. The summed E-state index contributed by atoms with van der Waals surface area (Å²) in [6.45, 7) is 0. The van der Waals surface area contributed by atoms with Gasteiger partial charge in [-0.1, -0.05) is 12.1 Å². The second kappa shape index (κ2) is 4.61. The van der Waals surface area contributed by atoms with Crippen LogP contribution in [0.2, 0.25) is 0 Å². The summed E-state index contributed by atoms with van der Waals surface area (Å²) in [5, 5.41) is 6.09. The van der Waals surface area contributed by atoms with Gasteiger partial charge in [-0.05, 0) is 29.8 Å². The lowest BCUT2D eigenvalue weighted by atomic mass is 10.1. The smallest absolute Gasteiger partial charge is 0.256 e. The lowest BCUT2D eigenvalue weighted by Gasteiger charge is -2.27. The van der Waals surface area contributed by atoms with E-state index < -0.39 is 0 Å². The molecule has 0 bridgehead atoms. The number of ether oxygens (including phenoxy) is 1. The van der Waals surface area contributed by atoms with E-state index in [-0.39, 0.29) is 12.1 Å². The predicted octanol–water partition coefficient (Wildman–Crippen LogP) is 1.94. The number of aromatic nitrogens is 1. The number of fused-ring (bicyclic) bond motifs is 1. The maximum absolute atomic E-state index is 12.0. The van der Waals surface area contributed by atoms with Crippen molar-refractivity contribution in [3.8, 4) is 5.75 Å². The van der Waals surface area contributed by atoms with Gasteiger partial charge in [-0.25, -0.2) is 4.98 Å². The van der Waals surface area contributed by atoms with E-state index in [9.17, 15) is 4.79 Å². The van der Waals surface area contributed by atoms with Crippen LogP contribution in [0, 0.1) is 0 Å². The van der Waals surface area contributed by atoms with E-state index in [1.165, 1.54) is 0 Å². The summed E-state index contributed by atoms with van der Waals surface area (Å²) in [4.78, 5) is 16.2. The molecule has 1 aromatic carbocycles. The average molecular weight is 255 g/mol. The highest BCUT2D eigenvalue weighted by atomic mass is 16.5. The molecule has 5 nitrogen and oxygen atoms in total. The Labute approximate surface area is 110 Å². The Balaban J connectivity index is 1.94. The fourth-order valence-corrected chi connectivity index (χ4v) is 2.07. The highest BCUT2D eigenvalue weighted by Gasteiger charge is 2.25. The molecule has 0 saturated heterocycles. The van der Waals surface area contributed by atoms with Crippen LogP contribution in [0.4, 0.5) is 5.82 Å². The number of benzene rings is 1. The van der Waals surface area contributed by atoms with Gasteiger partial charge in [-0.2, -0.15) is 0 Å². The zero-order chi connectivity index (χ0) is 13.2. The van der Waals surface area contributed by atoms with E-state index in [2.05, 4.69) is 15.6 Å². The number of pyridine rings is 1. The maximum atomic E-state index is 12.0. The van der Waals surface area contributed by atoms with Crippen molar-refractivity contribution in [3.05, 3.63) is 53.7 Å². The van der Waals surface area contributed by atoms with Gasteiger partial charge in [0.25, 0.3) is 5.91 Å². The molecule has 3 rings (SSSR count). The van der Waals surface area contributed by atoms with Crippen molar-refractivity contribution in [3.63, 3.8) is 0 Å². The van der Waals surface area contributed by atoms with Gasteiger partial charge in [0.1, 0.15) is 17.7 Å². The summed E-state index contributed by atoms with van der Waals surface area (Å²) < 4.78 is 5.19. The van der Waals surface area contributed by atoms with Crippen LogP contribution in [0.25, 0.3) is 0 Å². The average Bonchev–Trinajstić information content (AvgIpc) is 2.47. The van der Waals surface area contributed by atoms with Crippen LogP contribution in [0.5, 0.6) is 5.75 Å². The van der Waals surface area contributed by atoms with Gasteiger partial charge < -0.3 is 15.4 Å². The number of carbonyl (C=O) groups excluding carboxylic acids is 1. The zero-order valence-corrected chi connectivity index (χ0v) is 10.4. The third kappa shape index (κ3) is 2.10. The number of nitrogens with zero attached hydrogens (tertiary/aromatic N) is 1. The fourth-order valence-electron chi connectivity index (χ4n) is 2.07. The fraction of sp³-hybridized carbons (Fsp3) is 0.143. The minimum atomic E-state index is -0.301. The number of hydrogen-bond donors (Lipinski definition) is 2. The molecule has 0 fully saturated rings. The molecule has 1 amide bonds. The van der Waals surface area contributed by atoms with Gasteiger partial charge in [-0.15, -0.1) is 0 Å². The molecular formula is C14H13N3O2. The summed E-state index contributed by atoms with van der Waals surface area (Å²) in [6, 6.07) is 11.0. The Kier molecular flexibility index (Phi) is 2.79. The number of nitrogens with one attached hydrogen (secondary N) is 2. The molecule has 19 heavy (non-hydrogen) atoms. The second-order valence-electron chi connectivity index (χ2n) is 4.23. The van der Waals surface area contributed by atoms with E-state index >= 15 is 0 Å². The second-order valence-corrected chi connectivity index (χ2v) is 4.23. The van der Waals surface area contributed by atoms with Crippen LogP contribution in [0.3, 0.4) is 0 Å². The summed E-state index contributed by atoms with van der Waals surface area (Å²) >= 11 is 0. The van der Waals surface area contributed by atoms with Crippen LogP contribution >= 0.6 is 0 Å². The van der Waals surface area contributed by atoms with E-state index in [0.29, 0.717) is 11.4 Å². The highest BCUT2D eigenvalue weighted by molar-refractivity contribution is 6.00. The van der Waals surface area contributed by atoms with Crippen molar-refractivity contribution in [1.29, 1.82) is 0 Å². The first-order chi connectivity index (χ1) is 9.28. The molecule has 0 unspecified atom stereocenters. The topological polar surface area (TPSA) is 63.2 Å². The van der Waals surface area contributed by atoms with Gasteiger partial charge >= 0.3 is 0 Å². The van der Waals surface area contributed by atoms with Crippen molar-refractivity contribution in [2.75, 3.05) is 12.4 Å². The summed E-state index contributed by atoms with van der Waals surface area (Å²) in [5.74, 6) is 1.22. The standard InChI is InChI=1S/C14H13N3O2/c1-19-10-5-2-4-9(8-10)12-16-13-11(14(18)17-12)6-3-7-15-13/h2-8,12H,1H3,(H,15,16)(H,17,18)/t12-/m0/s1. The lowest BCUT2D eigenvalue weighted by Crippen LogP contribution is -2.38. The number of methoxy groups -OCH3 is 1. The molecule has 0 saturated carbocycles. The number of hydrogen-bond acceptors (Lipinski definition) is 4. The first kappa shape index (κ1) is 11.5. The number of rotatable bonds is 2. The van der Waals surface area contributed by atoms with Crippen molar-refractivity contribution >= 4 is 11.7 Å². The molecule has 1 aliphatic heterocycles. The van der Waals surface area contributed by atoms with E-state index in [0.717, 1.165) is 11.3 Å². The minimum Gasteiger partial charge on any atom is -0.497 e. The minimum absolute atomic E-state index is 0.130. The van der Waals surface area contributed by atoms with Crippen LogP contribution in [0.15, 0.2) is 42.6 Å². The Morgan fingerprint density at radius 3 is 2.95 bits per heavy atom. The largest absolute Gasteiger partial charge is 0.497 e. The van der Waals surface area contributed by atoms with E-state index in [1.54, 1.807) is 25.4 Å². The van der Waals surface area contributed by atoms with Crippen LogP contribution < -0.4 is 15.4 Å². The Hall–Kier alpha value is -2.56. The summed E-state index contributed by atoms with van der Waals surface area (Å²) in [6.07, 6.45) is 1.36. The number of carbonyl (C=O) groups is 1. The molecule has 2 N–H and O–H groups in total. The van der Waals surface area contributed by atoms with Crippen molar-refractivity contribution in [2.45, 2.75) is 6.17 Å². The van der Waals surface area contributed by atoms with Crippen molar-refractivity contribution < 1.29 is 9.53 Å². The van der Waals surface area contributed by atoms with Gasteiger partial charge in [0.15, 0.2) is 0 Å². The summed E-state index contributed by atoms with van der Waals surface area (Å²) in [7, 11) is 1.61. The van der Waals surface area contributed by atoms with Crippen LogP contribution in [0.1, 0.15) is 22.1 Å². The molecule has 2 aromatic rings. The molecule has 2 heterocycles. The molecule has 1 aliphatic rings. The van der Waals surface area contributed by atoms with Gasteiger partial charge in [0.05, 0.1) is 12.7 Å². The molecule has 1 aromatic heterocycles. The lowest BCUT2D eigenvalue weighted by molar-refractivity contribution is 0.0935. The third-order valence-electron chi connectivity index (χ3n) is 3.04. The van der Waals surface area contributed by atoms with Crippen molar-refractivity contribution in [2.24, 2.45) is 0 Å². The van der Waals surface area contributed by atoms with Gasteiger partial charge in [0.2, 0.25) is 0 Å². The zero-order valence-electron chi connectivity index (χ0n) is 10.4. The molecule has 0 radical (unpaired) electrons. The molecular weight excluding hydrogens is 242 g/mol. The Morgan fingerprint density at radius 2 is 2.11 bits per heavy atom. The quantitative estimate of drug-likeness (QED) is 0.861. The molecule has 1 atom stereocenters. The van der Waals surface area contributed by atoms with Crippen LogP contribution in [-0.2, 0) is 0 Å². The number of anilines is 1. The monoisotopic (exact) mass is 255 g/mol. The normalized spacial score (nSPS) is 17.1. The predicted molar refractivity (Wildman–Crippen MR) is 71.1 cm³/mol. The molecule has 5 heteroatoms. The summed E-state index contributed by atoms with van der Waals surface area (Å²) in [5.41, 5.74) is 1.48. The molecule has 0 aliphatic carbocycles. The number of amides is 1. The highest BCUT2D eigenvalue weighted by Crippen LogP contribution is 2.26. The van der Waals surface area contributed by atoms with Crippen molar-refractivity contribution in [1.82, 2.24) is 10.3 Å². The first-order valence-corrected chi connectivity index (χ1v) is 5.94.